The molecular formula is C12H10Cl2N4OS. The van der Waals surface area contributed by atoms with E-state index in [0.717, 1.165) is 0 Å². The van der Waals surface area contributed by atoms with Crippen LogP contribution in [0.25, 0.3) is 0 Å². The van der Waals surface area contributed by atoms with Crippen LogP contribution in [0.4, 0.5) is 5.82 Å². The van der Waals surface area contributed by atoms with Crippen LogP contribution in [0.1, 0.15) is 15.9 Å². The second-order valence-corrected chi connectivity index (χ2v) is 5.18. The third-order valence-electron chi connectivity index (χ3n) is 2.63. The van der Waals surface area contributed by atoms with E-state index in [1.807, 2.05) is 0 Å². The number of nitrogens with one attached hydrogen (secondary N) is 1. The number of nitrogens with two attached hydrogens (primary N) is 1. The topological polar surface area (TPSA) is 72.9 Å². The van der Waals surface area contributed by atoms with E-state index in [1.165, 1.54) is 10.9 Å². The van der Waals surface area contributed by atoms with Crippen molar-refractivity contribution in [2.24, 2.45) is 12.8 Å². The molecule has 0 saturated heterocycles. The summed E-state index contributed by atoms with van der Waals surface area (Å²) >= 11 is 16.8. The number of anilines is 1. The van der Waals surface area contributed by atoms with Gasteiger partial charge in [0.25, 0.3) is 5.91 Å². The molecule has 2 rings (SSSR count). The molecule has 104 valence electrons. The van der Waals surface area contributed by atoms with E-state index in [4.69, 9.17) is 41.2 Å². The molecule has 1 heterocycles. The number of rotatable bonds is 3. The van der Waals surface area contributed by atoms with Crippen molar-refractivity contribution in [3.8, 4) is 0 Å². The Morgan fingerprint density at radius 3 is 2.75 bits per heavy atom. The zero-order valence-corrected chi connectivity index (χ0v) is 12.7. The monoisotopic (exact) mass is 328 g/mol. The third-order valence-corrected chi connectivity index (χ3v) is 3.67. The lowest BCUT2D eigenvalue weighted by Crippen LogP contribution is -2.19. The molecule has 0 saturated carbocycles. The predicted molar refractivity (Wildman–Crippen MR) is 83.5 cm³/mol. The van der Waals surface area contributed by atoms with Gasteiger partial charge in [-0.2, -0.15) is 5.10 Å². The SMILES string of the molecule is Cn1ncc(C(N)=S)c1NC(=O)c1cccc(Cl)c1Cl. The Balaban J connectivity index is 2.35. The maximum Gasteiger partial charge on any atom is 0.258 e. The van der Waals surface area contributed by atoms with Gasteiger partial charge in [-0.15, -0.1) is 0 Å². The standard InChI is InChI=1S/C12H10Cl2N4OS/c1-18-11(7(5-16-18)10(15)20)17-12(19)6-3-2-4-8(13)9(6)14/h2-5H,1H3,(H2,15,20)(H,17,19). The van der Waals surface area contributed by atoms with Crippen LogP contribution in [0.2, 0.25) is 10.0 Å². The normalized spacial score (nSPS) is 10.3. The molecule has 0 fully saturated rings. The van der Waals surface area contributed by atoms with Gasteiger partial charge >= 0.3 is 0 Å². The Bertz CT molecular complexity index is 699. The van der Waals surface area contributed by atoms with Gasteiger partial charge in [-0.05, 0) is 12.1 Å². The molecule has 5 nitrogen and oxygen atoms in total. The molecule has 20 heavy (non-hydrogen) atoms. The average Bonchev–Trinajstić information content (AvgIpc) is 2.74. The highest BCUT2D eigenvalue weighted by molar-refractivity contribution is 7.80. The molecule has 3 N–H and O–H groups in total. The summed E-state index contributed by atoms with van der Waals surface area (Å²) in [5, 5.41) is 7.17. The van der Waals surface area contributed by atoms with Crippen LogP contribution in [-0.2, 0) is 7.05 Å². The number of halogens is 2. The Hall–Kier alpha value is -1.63. The summed E-state index contributed by atoms with van der Waals surface area (Å²) in [6.07, 6.45) is 1.48. The second kappa shape index (κ2) is 5.78. The van der Waals surface area contributed by atoms with E-state index in [9.17, 15) is 4.79 Å². The lowest BCUT2D eigenvalue weighted by Gasteiger charge is -2.09. The van der Waals surface area contributed by atoms with Gasteiger partial charge in [0.2, 0.25) is 0 Å². The van der Waals surface area contributed by atoms with Crippen molar-refractivity contribution in [2.75, 3.05) is 5.32 Å². The highest BCUT2D eigenvalue weighted by atomic mass is 35.5. The number of carbonyl (C=O) groups excluding carboxylic acids is 1. The summed E-state index contributed by atoms with van der Waals surface area (Å²) in [5.74, 6) is -0.0165. The van der Waals surface area contributed by atoms with Crippen molar-refractivity contribution in [1.82, 2.24) is 9.78 Å². The third kappa shape index (κ3) is 2.77. The van der Waals surface area contributed by atoms with E-state index in [2.05, 4.69) is 10.4 Å². The molecule has 1 aromatic heterocycles. The zero-order valence-electron chi connectivity index (χ0n) is 10.4. The summed E-state index contributed by atoms with van der Waals surface area (Å²) < 4.78 is 1.46. The molecule has 0 aliphatic carbocycles. The second-order valence-electron chi connectivity index (χ2n) is 3.95. The van der Waals surface area contributed by atoms with E-state index in [-0.39, 0.29) is 15.6 Å². The molecule has 8 heteroatoms. The molecule has 0 atom stereocenters. The summed E-state index contributed by atoms with van der Waals surface area (Å²) in [4.78, 5) is 12.4. The van der Waals surface area contributed by atoms with Crippen molar-refractivity contribution in [2.45, 2.75) is 0 Å². The average molecular weight is 329 g/mol. The Morgan fingerprint density at radius 1 is 1.40 bits per heavy atom. The molecule has 2 aromatic rings. The number of aromatic nitrogens is 2. The molecule has 0 aliphatic rings. The minimum absolute atomic E-state index is 0.144. The number of thiocarbonyl (C=S) groups is 1. The van der Waals surface area contributed by atoms with Gasteiger partial charge in [0.05, 0.1) is 27.4 Å². The number of carbonyl (C=O) groups is 1. The molecular weight excluding hydrogens is 319 g/mol. The zero-order chi connectivity index (χ0) is 14.9. The Morgan fingerprint density at radius 2 is 2.10 bits per heavy atom. The summed E-state index contributed by atoms with van der Waals surface area (Å²) in [7, 11) is 1.66. The largest absolute Gasteiger partial charge is 0.389 e. The van der Waals surface area contributed by atoms with Crippen LogP contribution in [0, 0.1) is 0 Å². The molecule has 0 aliphatic heterocycles. The first-order chi connectivity index (χ1) is 9.41. The van der Waals surface area contributed by atoms with Crippen LogP contribution in [0.15, 0.2) is 24.4 Å². The molecule has 0 spiro atoms. The fourth-order valence-corrected chi connectivity index (χ4v) is 2.16. The Labute approximate surface area is 130 Å². The van der Waals surface area contributed by atoms with Gasteiger partial charge in [0.1, 0.15) is 10.8 Å². The van der Waals surface area contributed by atoms with Gasteiger partial charge in [-0.25, -0.2) is 0 Å². The van der Waals surface area contributed by atoms with Gasteiger partial charge in [-0.1, -0.05) is 41.5 Å². The molecule has 0 unspecified atom stereocenters. The first kappa shape index (κ1) is 14.8. The lowest BCUT2D eigenvalue weighted by atomic mass is 10.2. The number of aryl methyl sites for hydroxylation is 1. The van der Waals surface area contributed by atoms with Crippen LogP contribution in [0.3, 0.4) is 0 Å². The van der Waals surface area contributed by atoms with E-state index >= 15 is 0 Å². The van der Waals surface area contributed by atoms with Crippen LogP contribution < -0.4 is 11.1 Å². The van der Waals surface area contributed by atoms with Gasteiger partial charge in [0, 0.05) is 7.05 Å². The predicted octanol–water partition coefficient (Wildman–Crippen LogP) is 2.61. The van der Waals surface area contributed by atoms with Crippen LogP contribution in [-0.4, -0.2) is 20.7 Å². The van der Waals surface area contributed by atoms with E-state index in [1.54, 1.807) is 25.2 Å². The summed E-state index contributed by atoms with van der Waals surface area (Å²) in [6.45, 7) is 0. The highest BCUT2D eigenvalue weighted by Crippen LogP contribution is 2.26. The van der Waals surface area contributed by atoms with Crippen molar-refractivity contribution in [1.29, 1.82) is 0 Å². The number of benzene rings is 1. The Kier molecular flexibility index (Phi) is 4.27. The van der Waals surface area contributed by atoms with Gasteiger partial charge in [0.15, 0.2) is 0 Å². The van der Waals surface area contributed by atoms with Crippen molar-refractivity contribution in [3.05, 3.63) is 45.6 Å². The number of hydrogen-bond acceptors (Lipinski definition) is 3. The van der Waals surface area contributed by atoms with Gasteiger partial charge < -0.3 is 11.1 Å². The minimum atomic E-state index is -0.418. The van der Waals surface area contributed by atoms with Crippen LogP contribution in [0.5, 0.6) is 0 Å². The minimum Gasteiger partial charge on any atom is -0.389 e. The number of nitrogens with zero attached hydrogens (tertiary/aromatic N) is 2. The number of hydrogen-bond donors (Lipinski definition) is 2. The van der Waals surface area contributed by atoms with Crippen molar-refractivity contribution >= 4 is 52.1 Å². The van der Waals surface area contributed by atoms with E-state index < -0.39 is 5.91 Å². The molecule has 0 bridgehead atoms. The first-order valence-electron chi connectivity index (χ1n) is 5.49. The first-order valence-corrected chi connectivity index (χ1v) is 6.65. The quantitative estimate of drug-likeness (QED) is 0.849. The maximum atomic E-state index is 12.2. The fraction of sp³-hybridized carbons (Fsp3) is 0.0833. The van der Waals surface area contributed by atoms with E-state index in [0.29, 0.717) is 16.4 Å². The summed E-state index contributed by atoms with van der Waals surface area (Å²) in [5.41, 5.74) is 6.32. The fourth-order valence-electron chi connectivity index (χ4n) is 1.62. The number of amides is 1. The highest BCUT2D eigenvalue weighted by Gasteiger charge is 2.17. The van der Waals surface area contributed by atoms with Gasteiger partial charge in [-0.3, -0.25) is 9.48 Å². The molecule has 1 amide bonds. The smallest absolute Gasteiger partial charge is 0.258 e. The molecule has 0 radical (unpaired) electrons. The summed E-state index contributed by atoms with van der Waals surface area (Å²) in [6, 6.07) is 4.81. The molecule has 1 aromatic carbocycles. The maximum absolute atomic E-state index is 12.2. The van der Waals surface area contributed by atoms with Crippen molar-refractivity contribution < 1.29 is 4.79 Å². The van der Waals surface area contributed by atoms with Crippen molar-refractivity contribution in [3.63, 3.8) is 0 Å². The van der Waals surface area contributed by atoms with Crippen LogP contribution >= 0.6 is 35.4 Å². The lowest BCUT2D eigenvalue weighted by molar-refractivity contribution is 0.102.